The maximum absolute atomic E-state index is 14.5. The van der Waals surface area contributed by atoms with E-state index in [1.807, 2.05) is 89.2 Å². The van der Waals surface area contributed by atoms with Crippen LogP contribution in [0.4, 0.5) is 10.1 Å². The topological polar surface area (TPSA) is 86.8 Å². The SMILES string of the molecule is Cc1ccc(S(=O)(=O)N(CC(=O)N(Cc2ccccc2C)[C@@H](Cc2ccccc2)C(=O)NC(C)(C)C)c2ccc(F)cc2)cc1. The molecule has 4 rings (SSSR count). The second kappa shape index (κ2) is 14.1. The number of carbonyl (C=O) groups excluding carboxylic acids is 2. The van der Waals surface area contributed by atoms with Gasteiger partial charge in [-0.25, -0.2) is 12.8 Å². The number of nitrogens with one attached hydrogen (secondary N) is 1. The highest BCUT2D eigenvalue weighted by molar-refractivity contribution is 7.92. The van der Waals surface area contributed by atoms with E-state index in [2.05, 4.69) is 5.32 Å². The number of rotatable bonds is 11. The van der Waals surface area contributed by atoms with E-state index in [0.717, 1.165) is 38.7 Å². The lowest BCUT2D eigenvalue weighted by Gasteiger charge is -2.35. The normalized spacial score (nSPS) is 12.3. The van der Waals surface area contributed by atoms with Gasteiger partial charge in [0.25, 0.3) is 10.0 Å². The van der Waals surface area contributed by atoms with Gasteiger partial charge in [-0.15, -0.1) is 0 Å². The van der Waals surface area contributed by atoms with Crippen LogP contribution in [0.15, 0.2) is 108 Å². The molecule has 0 radical (unpaired) electrons. The Bertz CT molecular complexity index is 1720. The molecule has 1 atom stereocenters. The third kappa shape index (κ3) is 8.79. The van der Waals surface area contributed by atoms with Gasteiger partial charge in [0.05, 0.1) is 10.6 Å². The molecule has 2 amide bonds. The van der Waals surface area contributed by atoms with Crippen molar-refractivity contribution in [2.75, 3.05) is 10.8 Å². The van der Waals surface area contributed by atoms with Crippen molar-refractivity contribution in [2.24, 2.45) is 0 Å². The highest BCUT2D eigenvalue weighted by atomic mass is 32.2. The summed E-state index contributed by atoms with van der Waals surface area (Å²) in [7, 11) is -4.26. The van der Waals surface area contributed by atoms with Crippen LogP contribution >= 0.6 is 0 Å². The Balaban J connectivity index is 1.82. The average molecular weight is 630 g/mol. The van der Waals surface area contributed by atoms with E-state index < -0.39 is 39.9 Å². The van der Waals surface area contributed by atoms with Crippen molar-refractivity contribution in [1.29, 1.82) is 0 Å². The number of carbonyl (C=O) groups is 2. The minimum atomic E-state index is -4.26. The molecule has 0 aliphatic carbocycles. The van der Waals surface area contributed by atoms with Gasteiger partial charge in [-0.1, -0.05) is 72.3 Å². The minimum Gasteiger partial charge on any atom is -0.350 e. The van der Waals surface area contributed by atoms with Crippen LogP contribution in [0.5, 0.6) is 0 Å². The van der Waals surface area contributed by atoms with Crippen LogP contribution in [0.25, 0.3) is 0 Å². The van der Waals surface area contributed by atoms with Crippen molar-refractivity contribution in [1.82, 2.24) is 10.2 Å². The van der Waals surface area contributed by atoms with Crippen LogP contribution in [0.3, 0.4) is 0 Å². The summed E-state index contributed by atoms with van der Waals surface area (Å²) in [6.07, 6.45) is 0.210. The van der Waals surface area contributed by atoms with Gasteiger partial charge >= 0.3 is 0 Å². The molecule has 1 N–H and O–H groups in total. The number of aryl methyl sites for hydroxylation is 2. The highest BCUT2D eigenvalue weighted by Gasteiger charge is 2.35. The van der Waals surface area contributed by atoms with Gasteiger partial charge < -0.3 is 10.2 Å². The number of hydrogen-bond donors (Lipinski definition) is 1. The first kappa shape index (κ1) is 33.4. The second-order valence-electron chi connectivity index (χ2n) is 12.2. The second-order valence-corrected chi connectivity index (χ2v) is 14.1. The molecule has 45 heavy (non-hydrogen) atoms. The molecule has 0 spiro atoms. The Morgan fingerprint density at radius 3 is 2.02 bits per heavy atom. The predicted octanol–water partition coefficient (Wildman–Crippen LogP) is 6.19. The summed E-state index contributed by atoms with van der Waals surface area (Å²) >= 11 is 0. The van der Waals surface area contributed by atoms with Crippen LogP contribution in [0, 0.1) is 19.7 Å². The Hall–Kier alpha value is -4.50. The van der Waals surface area contributed by atoms with Gasteiger partial charge in [0.2, 0.25) is 11.8 Å². The van der Waals surface area contributed by atoms with Crippen molar-refractivity contribution in [3.05, 3.63) is 131 Å². The zero-order valence-electron chi connectivity index (χ0n) is 26.3. The molecule has 0 aliphatic rings. The summed E-state index contributed by atoms with van der Waals surface area (Å²) in [5, 5.41) is 3.02. The molecule has 0 unspecified atom stereocenters. The monoisotopic (exact) mass is 629 g/mol. The van der Waals surface area contributed by atoms with Gasteiger partial charge in [0, 0.05) is 18.5 Å². The lowest BCUT2D eigenvalue weighted by atomic mass is 10.00. The molecule has 4 aromatic rings. The highest BCUT2D eigenvalue weighted by Crippen LogP contribution is 2.26. The lowest BCUT2D eigenvalue weighted by Crippen LogP contribution is -2.56. The summed E-state index contributed by atoms with van der Waals surface area (Å²) < 4.78 is 43.0. The molecule has 0 aromatic heterocycles. The van der Waals surface area contributed by atoms with E-state index in [-0.39, 0.29) is 29.5 Å². The average Bonchev–Trinajstić information content (AvgIpc) is 2.99. The summed E-state index contributed by atoms with van der Waals surface area (Å²) in [6, 6.07) is 27.2. The van der Waals surface area contributed by atoms with Gasteiger partial charge in [-0.05, 0) is 87.7 Å². The molecular weight excluding hydrogens is 589 g/mol. The molecule has 0 saturated heterocycles. The zero-order valence-corrected chi connectivity index (χ0v) is 27.1. The Labute approximate surface area is 265 Å². The van der Waals surface area contributed by atoms with Crippen molar-refractivity contribution < 1.29 is 22.4 Å². The number of halogens is 1. The summed E-state index contributed by atoms with van der Waals surface area (Å²) in [4.78, 5) is 29.9. The largest absolute Gasteiger partial charge is 0.350 e. The van der Waals surface area contributed by atoms with Gasteiger partial charge in [-0.3, -0.25) is 13.9 Å². The van der Waals surface area contributed by atoms with E-state index >= 15 is 0 Å². The van der Waals surface area contributed by atoms with Crippen LogP contribution < -0.4 is 9.62 Å². The number of hydrogen-bond acceptors (Lipinski definition) is 4. The van der Waals surface area contributed by atoms with Crippen molar-refractivity contribution in [2.45, 2.75) is 64.1 Å². The van der Waals surface area contributed by atoms with Crippen molar-refractivity contribution in [3.63, 3.8) is 0 Å². The number of nitrogens with zero attached hydrogens (tertiary/aromatic N) is 2. The first-order valence-corrected chi connectivity index (χ1v) is 16.2. The number of anilines is 1. The molecule has 0 heterocycles. The summed E-state index contributed by atoms with van der Waals surface area (Å²) in [6.45, 7) is 8.82. The third-order valence-corrected chi connectivity index (χ3v) is 9.16. The molecule has 7 nitrogen and oxygen atoms in total. The maximum atomic E-state index is 14.5. The fourth-order valence-electron chi connectivity index (χ4n) is 4.95. The number of sulfonamides is 1. The molecule has 236 valence electrons. The van der Waals surface area contributed by atoms with Crippen LogP contribution in [-0.4, -0.2) is 43.3 Å². The van der Waals surface area contributed by atoms with Crippen LogP contribution in [-0.2, 0) is 32.6 Å². The molecular formula is C36H40FN3O4S. The number of amides is 2. The fraction of sp³-hybridized carbons (Fsp3) is 0.278. The quantitative estimate of drug-likeness (QED) is 0.214. The van der Waals surface area contributed by atoms with Crippen molar-refractivity contribution >= 4 is 27.5 Å². The van der Waals surface area contributed by atoms with E-state index in [9.17, 15) is 22.4 Å². The Morgan fingerprint density at radius 1 is 0.822 bits per heavy atom. The third-order valence-electron chi connectivity index (χ3n) is 7.37. The maximum Gasteiger partial charge on any atom is 0.264 e. The Morgan fingerprint density at radius 2 is 1.42 bits per heavy atom. The summed E-state index contributed by atoms with van der Waals surface area (Å²) in [5.74, 6) is -1.48. The zero-order chi connectivity index (χ0) is 32.8. The molecule has 9 heteroatoms. The van der Waals surface area contributed by atoms with Gasteiger partial charge in [0.15, 0.2) is 0 Å². The standard InChI is InChI=1S/C36H40FN3O4S/c1-26-15-21-32(22-16-26)45(43,44)40(31-19-17-30(37)18-20-31)25-34(41)39(24-29-14-10-9-11-27(29)2)33(35(42)38-36(3,4)5)23-28-12-7-6-8-13-28/h6-22,33H,23-25H2,1-5H3,(H,38,42)/t33-/m0/s1. The van der Waals surface area contributed by atoms with Gasteiger partial charge in [0.1, 0.15) is 18.4 Å². The van der Waals surface area contributed by atoms with E-state index in [1.165, 1.54) is 29.2 Å². The molecule has 0 fully saturated rings. The predicted molar refractivity (Wildman–Crippen MR) is 176 cm³/mol. The van der Waals surface area contributed by atoms with Gasteiger partial charge in [-0.2, -0.15) is 0 Å². The van der Waals surface area contributed by atoms with E-state index in [4.69, 9.17) is 0 Å². The van der Waals surface area contributed by atoms with Crippen molar-refractivity contribution in [3.8, 4) is 0 Å². The first-order chi connectivity index (χ1) is 21.2. The first-order valence-electron chi connectivity index (χ1n) is 14.8. The smallest absolute Gasteiger partial charge is 0.264 e. The van der Waals surface area contributed by atoms with Crippen LogP contribution in [0.1, 0.15) is 43.0 Å². The molecule has 0 saturated carbocycles. The minimum absolute atomic E-state index is 0.0120. The van der Waals surface area contributed by atoms with E-state index in [1.54, 1.807) is 12.1 Å². The fourth-order valence-corrected chi connectivity index (χ4v) is 6.37. The lowest BCUT2D eigenvalue weighted by molar-refractivity contribution is -0.140. The molecule has 4 aromatic carbocycles. The summed E-state index contributed by atoms with van der Waals surface area (Å²) in [5.41, 5.74) is 3.00. The van der Waals surface area contributed by atoms with E-state index in [0.29, 0.717) is 0 Å². The van der Waals surface area contributed by atoms with Crippen LogP contribution in [0.2, 0.25) is 0 Å². The molecule has 0 bridgehead atoms. The Kier molecular flexibility index (Phi) is 10.4. The molecule has 0 aliphatic heterocycles. The number of benzene rings is 4.